The third-order valence-electron chi connectivity index (χ3n) is 2.89. The van der Waals surface area contributed by atoms with Crippen LogP contribution in [0, 0.1) is 12.3 Å². The van der Waals surface area contributed by atoms with Gasteiger partial charge in [-0.05, 0) is 19.9 Å². The lowest BCUT2D eigenvalue weighted by Crippen LogP contribution is -2.16. The molecule has 1 N–H and O–H groups in total. The number of hydrogen-bond donors (Lipinski definition) is 1. The second kappa shape index (κ2) is 5.46. The van der Waals surface area contributed by atoms with E-state index in [1.165, 1.54) is 5.56 Å². The summed E-state index contributed by atoms with van der Waals surface area (Å²) < 4.78 is 1.84. The Bertz CT molecular complexity index is 523. The lowest BCUT2D eigenvalue weighted by molar-refractivity contribution is 0.535. The molecule has 2 heterocycles. The van der Waals surface area contributed by atoms with Gasteiger partial charge in [-0.2, -0.15) is 5.10 Å². The monoisotopic (exact) mass is 228 g/mol. The Balaban J connectivity index is 2.21. The Labute approximate surface area is 101 Å². The standard InChI is InChI=1S/C13H16N4/c1-3-4-5-6-12(14-2)11-9-16-17-8-7-15-10-13(11)17/h1,7-10,12,14H,4-6H2,2H3. The maximum atomic E-state index is 5.27. The molecule has 0 spiro atoms. The highest BCUT2D eigenvalue weighted by Gasteiger charge is 2.14. The number of rotatable bonds is 5. The second-order valence-corrected chi connectivity index (χ2v) is 3.94. The molecule has 1 unspecified atom stereocenters. The van der Waals surface area contributed by atoms with Gasteiger partial charge < -0.3 is 5.32 Å². The van der Waals surface area contributed by atoms with Gasteiger partial charge in [-0.3, -0.25) is 4.98 Å². The number of hydrogen-bond acceptors (Lipinski definition) is 3. The van der Waals surface area contributed by atoms with Crippen molar-refractivity contribution in [3.05, 3.63) is 30.4 Å². The molecule has 17 heavy (non-hydrogen) atoms. The van der Waals surface area contributed by atoms with Crippen LogP contribution in [-0.4, -0.2) is 21.6 Å². The van der Waals surface area contributed by atoms with Crippen LogP contribution in [0.25, 0.3) is 5.52 Å². The fourth-order valence-corrected chi connectivity index (χ4v) is 1.98. The van der Waals surface area contributed by atoms with Crippen LogP contribution in [0.3, 0.4) is 0 Å². The fraction of sp³-hybridized carbons (Fsp3) is 0.385. The van der Waals surface area contributed by atoms with Gasteiger partial charge in [-0.25, -0.2) is 4.52 Å². The number of terminal acetylenes is 1. The van der Waals surface area contributed by atoms with Crippen molar-refractivity contribution in [2.24, 2.45) is 0 Å². The van der Waals surface area contributed by atoms with E-state index in [9.17, 15) is 0 Å². The second-order valence-electron chi connectivity index (χ2n) is 3.94. The summed E-state index contributed by atoms with van der Waals surface area (Å²) in [6.07, 6.45) is 15.4. The van der Waals surface area contributed by atoms with Gasteiger partial charge in [-0.1, -0.05) is 0 Å². The normalized spacial score (nSPS) is 12.5. The van der Waals surface area contributed by atoms with Crippen LogP contribution in [-0.2, 0) is 0 Å². The average molecular weight is 228 g/mol. The minimum atomic E-state index is 0.282. The molecule has 0 amide bonds. The molecular weight excluding hydrogens is 212 g/mol. The third-order valence-corrected chi connectivity index (χ3v) is 2.89. The van der Waals surface area contributed by atoms with Crippen LogP contribution < -0.4 is 5.32 Å². The van der Waals surface area contributed by atoms with Crippen molar-refractivity contribution >= 4 is 5.52 Å². The van der Waals surface area contributed by atoms with Gasteiger partial charge in [0.1, 0.15) is 0 Å². The predicted octanol–water partition coefficient (Wildman–Crippen LogP) is 1.79. The number of aromatic nitrogens is 3. The van der Waals surface area contributed by atoms with Crippen molar-refractivity contribution in [1.29, 1.82) is 0 Å². The van der Waals surface area contributed by atoms with E-state index < -0.39 is 0 Å². The van der Waals surface area contributed by atoms with Gasteiger partial charge in [0.15, 0.2) is 0 Å². The Morgan fingerprint density at radius 1 is 1.53 bits per heavy atom. The molecule has 1 atom stereocenters. The molecule has 0 aliphatic heterocycles. The Morgan fingerprint density at radius 2 is 2.41 bits per heavy atom. The summed E-state index contributed by atoms with van der Waals surface area (Å²) in [6.45, 7) is 0. The van der Waals surface area contributed by atoms with Crippen LogP contribution >= 0.6 is 0 Å². The van der Waals surface area contributed by atoms with Gasteiger partial charge >= 0.3 is 0 Å². The van der Waals surface area contributed by atoms with E-state index in [0.717, 1.165) is 24.8 Å². The quantitative estimate of drug-likeness (QED) is 0.626. The summed E-state index contributed by atoms with van der Waals surface area (Å²) >= 11 is 0. The highest BCUT2D eigenvalue weighted by atomic mass is 15.2. The van der Waals surface area contributed by atoms with Gasteiger partial charge in [-0.15, -0.1) is 12.3 Å². The molecule has 2 aromatic heterocycles. The third kappa shape index (κ3) is 2.45. The van der Waals surface area contributed by atoms with Gasteiger partial charge in [0.2, 0.25) is 0 Å². The van der Waals surface area contributed by atoms with Crippen molar-refractivity contribution in [1.82, 2.24) is 19.9 Å². The van der Waals surface area contributed by atoms with Crippen molar-refractivity contribution < 1.29 is 0 Å². The molecular formula is C13H16N4. The zero-order valence-corrected chi connectivity index (χ0v) is 9.93. The van der Waals surface area contributed by atoms with Gasteiger partial charge in [0.05, 0.1) is 17.9 Å². The van der Waals surface area contributed by atoms with Crippen LogP contribution in [0.1, 0.15) is 30.9 Å². The zero-order valence-electron chi connectivity index (χ0n) is 9.93. The molecule has 0 saturated heterocycles. The van der Waals surface area contributed by atoms with Crippen LogP contribution in [0.4, 0.5) is 0 Å². The molecule has 0 aliphatic carbocycles. The van der Waals surface area contributed by atoms with Crippen LogP contribution in [0.15, 0.2) is 24.8 Å². The first-order chi connectivity index (χ1) is 8.36. The Kier molecular flexibility index (Phi) is 3.73. The van der Waals surface area contributed by atoms with E-state index in [1.807, 2.05) is 30.2 Å². The van der Waals surface area contributed by atoms with Crippen LogP contribution in [0.5, 0.6) is 0 Å². The molecule has 4 heteroatoms. The molecule has 0 bridgehead atoms. The van der Waals surface area contributed by atoms with E-state index in [-0.39, 0.29) is 6.04 Å². The summed E-state index contributed by atoms with van der Waals surface area (Å²) in [7, 11) is 1.96. The van der Waals surface area contributed by atoms with Gasteiger partial charge in [0, 0.05) is 30.4 Å². The van der Waals surface area contributed by atoms with Crippen LogP contribution in [0.2, 0.25) is 0 Å². The zero-order chi connectivity index (χ0) is 12.1. The summed E-state index contributed by atoms with van der Waals surface area (Å²) in [5, 5.41) is 7.62. The van der Waals surface area contributed by atoms with E-state index >= 15 is 0 Å². The minimum absolute atomic E-state index is 0.282. The summed E-state index contributed by atoms with van der Waals surface area (Å²) in [6, 6.07) is 0.282. The van der Waals surface area contributed by atoms with Crippen molar-refractivity contribution in [2.45, 2.75) is 25.3 Å². The SMILES string of the molecule is C#CCCCC(NC)c1cnn2ccncc12. The van der Waals surface area contributed by atoms with Gasteiger partial charge in [0.25, 0.3) is 0 Å². The van der Waals surface area contributed by atoms with E-state index in [1.54, 1.807) is 6.20 Å². The molecule has 2 rings (SSSR count). The molecule has 0 aromatic carbocycles. The first-order valence-electron chi connectivity index (χ1n) is 5.74. The molecule has 0 aliphatic rings. The van der Waals surface area contributed by atoms with E-state index in [0.29, 0.717) is 0 Å². The molecule has 0 fully saturated rings. The molecule has 2 aromatic rings. The summed E-state index contributed by atoms with van der Waals surface area (Å²) in [5.74, 6) is 2.67. The maximum Gasteiger partial charge on any atom is 0.0892 e. The summed E-state index contributed by atoms with van der Waals surface area (Å²) in [5.41, 5.74) is 2.23. The number of fused-ring (bicyclic) bond motifs is 1. The fourth-order valence-electron chi connectivity index (χ4n) is 1.98. The summed E-state index contributed by atoms with van der Waals surface area (Å²) in [4.78, 5) is 4.14. The number of nitrogens with one attached hydrogen (secondary N) is 1. The lowest BCUT2D eigenvalue weighted by Gasteiger charge is -2.14. The van der Waals surface area contributed by atoms with Crippen molar-refractivity contribution in [3.8, 4) is 12.3 Å². The van der Waals surface area contributed by atoms with Crippen molar-refractivity contribution in [2.75, 3.05) is 7.05 Å². The molecule has 0 saturated carbocycles. The Hall–Kier alpha value is -1.86. The number of nitrogens with zero attached hydrogens (tertiary/aromatic N) is 3. The average Bonchev–Trinajstić information content (AvgIpc) is 2.79. The van der Waals surface area contributed by atoms with E-state index in [2.05, 4.69) is 21.3 Å². The maximum absolute atomic E-state index is 5.27. The minimum Gasteiger partial charge on any atom is -0.313 e. The van der Waals surface area contributed by atoms with Crippen molar-refractivity contribution in [3.63, 3.8) is 0 Å². The smallest absolute Gasteiger partial charge is 0.0892 e. The molecule has 4 nitrogen and oxygen atoms in total. The molecule has 88 valence electrons. The number of unbranched alkanes of at least 4 members (excludes halogenated alkanes) is 1. The highest BCUT2D eigenvalue weighted by molar-refractivity contribution is 5.53. The first kappa shape index (κ1) is 11.6. The predicted molar refractivity (Wildman–Crippen MR) is 67.5 cm³/mol. The lowest BCUT2D eigenvalue weighted by atomic mass is 10.0. The largest absolute Gasteiger partial charge is 0.313 e. The molecule has 0 radical (unpaired) electrons. The Morgan fingerprint density at radius 3 is 3.18 bits per heavy atom. The highest BCUT2D eigenvalue weighted by Crippen LogP contribution is 2.22. The topological polar surface area (TPSA) is 42.2 Å². The first-order valence-corrected chi connectivity index (χ1v) is 5.74. The van der Waals surface area contributed by atoms with E-state index in [4.69, 9.17) is 6.42 Å².